The van der Waals surface area contributed by atoms with Gasteiger partial charge in [-0.15, -0.1) is 0 Å². The molecule has 1 heterocycles. The molecular formula is C24H33N. The molecule has 1 N–H and O–H groups in total. The number of hydrogen-bond donors (Lipinski definition) is 1. The minimum absolute atomic E-state index is 0.173. The molecule has 0 aliphatic carbocycles. The van der Waals surface area contributed by atoms with E-state index < -0.39 is 0 Å². The van der Waals surface area contributed by atoms with Crippen molar-refractivity contribution in [2.75, 3.05) is 0 Å². The number of fused-ring (bicyclic) bond motifs is 3. The summed E-state index contributed by atoms with van der Waals surface area (Å²) in [6.45, 7) is 16.2. The molecule has 0 aliphatic heterocycles. The fraction of sp³-hybridized carbons (Fsp3) is 0.500. The summed E-state index contributed by atoms with van der Waals surface area (Å²) in [4.78, 5) is 3.59. The number of hydrogen-bond acceptors (Lipinski definition) is 0. The number of aromatic nitrogens is 1. The summed E-state index contributed by atoms with van der Waals surface area (Å²) >= 11 is 0. The Morgan fingerprint density at radius 3 is 1.84 bits per heavy atom. The highest BCUT2D eigenvalue weighted by atomic mass is 14.7. The Morgan fingerprint density at radius 1 is 0.800 bits per heavy atom. The van der Waals surface area contributed by atoms with E-state index in [0.29, 0.717) is 0 Å². The third kappa shape index (κ3) is 3.61. The average molecular weight is 336 g/mol. The van der Waals surface area contributed by atoms with E-state index in [4.69, 9.17) is 0 Å². The van der Waals surface area contributed by atoms with Crippen LogP contribution < -0.4 is 0 Å². The van der Waals surface area contributed by atoms with Crippen molar-refractivity contribution in [2.45, 2.75) is 72.1 Å². The largest absolute Gasteiger partial charge is 0.355 e. The highest BCUT2D eigenvalue weighted by Crippen LogP contribution is 2.35. The van der Waals surface area contributed by atoms with Crippen LogP contribution in [0.4, 0.5) is 0 Å². The molecule has 0 saturated carbocycles. The smallest absolute Gasteiger partial charge is 0.0465 e. The molecule has 3 aromatic rings. The van der Waals surface area contributed by atoms with Crippen molar-refractivity contribution in [3.63, 3.8) is 0 Å². The van der Waals surface area contributed by atoms with E-state index in [0.717, 1.165) is 5.92 Å². The van der Waals surface area contributed by atoms with Crippen molar-refractivity contribution in [3.05, 3.63) is 47.5 Å². The van der Waals surface area contributed by atoms with Crippen LogP contribution in [0.1, 0.15) is 72.4 Å². The van der Waals surface area contributed by atoms with Gasteiger partial charge >= 0.3 is 0 Å². The van der Waals surface area contributed by atoms with E-state index in [1.807, 2.05) is 0 Å². The number of nitrogens with one attached hydrogen (secondary N) is 1. The van der Waals surface area contributed by atoms with Gasteiger partial charge in [0.1, 0.15) is 0 Å². The summed E-state index contributed by atoms with van der Waals surface area (Å²) in [5, 5.41) is 2.71. The molecule has 1 aromatic heterocycles. The maximum Gasteiger partial charge on any atom is 0.0465 e. The first-order chi connectivity index (χ1) is 11.6. The number of rotatable bonds is 4. The lowest BCUT2D eigenvalue weighted by molar-refractivity contribution is 0.415. The minimum atomic E-state index is 0.173. The van der Waals surface area contributed by atoms with Crippen LogP contribution in [0.3, 0.4) is 0 Å². The van der Waals surface area contributed by atoms with Crippen LogP contribution >= 0.6 is 0 Å². The normalized spacial score (nSPS) is 13.3. The predicted molar refractivity (Wildman–Crippen MR) is 112 cm³/mol. The van der Waals surface area contributed by atoms with E-state index in [1.54, 1.807) is 0 Å². The van der Waals surface area contributed by atoms with Gasteiger partial charge in [0, 0.05) is 21.8 Å². The molecule has 134 valence electrons. The van der Waals surface area contributed by atoms with E-state index in [1.165, 1.54) is 45.8 Å². The molecule has 0 atom stereocenters. The SMILES string of the molecule is CC(C)CCC(C)(C)c1ccc2[nH]c3ccc(C(C)(C)C)cc3c2c1. The number of benzene rings is 2. The van der Waals surface area contributed by atoms with Gasteiger partial charge in [0.05, 0.1) is 0 Å². The molecule has 3 rings (SSSR count). The van der Waals surface area contributed by atoms with Gasteiger partial charge in [0.15, 0.2) is 0 Å². The summed E-state index contributed by atoms with van der Waals surface area (Å²) in [6, 6.07) is 13.9. The number of H-pyrrole nitrogens is 1. The van der Waals surface area contributed by atoms with Crippen molar-refractivity contribution < 1.29 is 0 Å². The quantitative estimate of drug-likeness (QED) is 0.513. The van der Waals surface area contributed by atoms with E-state index in [2.05, 4.69) is 89.8 Å². The van der Waals surface area contributed by atoms with Crippen LogP contribution in [0, 0.1) is 5.92 Å². The Labute approximate surface area is 152 Å². The van der Waals surface area contributed by atoms with Gasteiger partial charge in [-0.1, -0.05) is 67.0 Å². The molecular weight excluding hydrogens is 302 g/mol. The lowest BCUT2D eigenvalue weighted by atomic mass is 9.78. The molecule has 0 saturated heterocycles. The van der Waals surface area contributed by atoms with Gasteiger partial charge < -0.3 is 4.98 Å². The van der Waals surface area contributed by atoms with Crippen molar-refractivity contribution in [1.29, 1.82) is 0 Å². The Bertz CT molecular complexity index is 887. The van der Waals surface area contributed by atoms with E-state index in [9.17, 15) is 0 Å². The van der Waals surface area contributed by atoms with Gasteiger partial charge in [0.2, 0.25) is 0 Å². The highest BCUT2D eigenvalue weighted by molar-refractivity contribution is 6.07. The molecule has 0 unspecified atom stereocenters. The predicted octanol–water partition coefficient (Wildman–Crippen LogP) is 7.33. The first kappa shape index (κ1) is 18.0. The maximum atomic E-state index is 3.59. The minimum Gasteiger partial charge on any atom is -0.355 e. The monoisotopic (exact) mass is 335 g/mol. The third-order valence-corrected chi connectivity index (χ3v) is 5.59. The Hall–Kier alpha value is -1.76. The summed E-state index contributed by atoms with van der Waals surface area (Å²) in [5.41, 5.74) is 5.70. The summed E-state index contributed by atoms with van der Waals surface area (Å²) < 4.78 is 0. The van der Waals surface area contributed by atoms with Gasteiger partial charge in [-0.25, -0.2) is 0 Å². The van der Waals surface area contributed by atoms with Crippen molar-refractivity contribution >= 4 is 21.8 Å². The van der Waals surface area contributed by atoms with Crippen LogP contribution in [0.15, 0.2) is 36.4 Å². The second-order valence-electron chi connectivity index (χ2n) is 9.71. The molecule has 0 radical (unpaired) electrons. The highest BCUT2D eigenvalue weighted by Gasteiger charge is 2.22. The first-order valence-corrected chi connectivity index (χ1v) is 9.64. The van der Waals surface area contributed by atoms with E-state index in [-0.39, 0.29) is 10.8 Å². The Morgan fingerprint density at radius 2 is 1.32 bits per heavy atom. The van der Waals surface area contributed by atoms with Crippen molar-refractivity contribution in [3.8, 4) is 0 Å². The van der Waals surface area contributed by atoms with Gasteiger partial charge in [-0.3, -0.25) is 0 Å². The van der Waals surface area contributed by atoms with Crippen LogP contribution in [0.5, 0.6) is 0 Å². The Balaban J connectivity index is 2.10. The fourth-order valence-electron chi connectivity index (χ4n) is 3.58. The molecule has 0 aliphatic rings. The van der Waals surface area contributed by atoms with Crippen LogP contribution in [0.2, 0.25) is 0 Å². The van der Waals surface area contributed by atoms with E-state index >= 15 is 0 Å². The number of aromatic amines is 1. The molecule has 0 spiro atoms. The third-order valence-electron chi connectivity index (χ3n) is 5.59. The second kappa shape index (κ2) is 6.20. The average Bonchev–Trinajstić information content (AvgIpc) is 2.89. The van der Waals surface area contributed by atoms with Gasteiger partial charge in [0.25, 0.3) is 0 Å². The van der Waals surface area contributed by atoms with Gasteiger partial charge in [-0.05, 0) is 58.6 Å². The Kier molecular flexibility index (Phi) is 4.47. The zero-order valence-corrected chi connectivity index (χ0v) is 17.0. The fourth-order valence-corrected chi connectivity index (χ4v) is 3.58. The van der Waals surface area contributed by atoms with Crippen LogP contribution in [0.25, 0.3) is 21.8 Å². The molecule has 25 heavy (non-hydrogen) atoms. The second-order valence-corrected chi connectivity index (χ2v) is 9.71. The molecule has 0 fully saturated rings. The van der Waals surface area contributed by atoms with Crippen molar-refractivity contribution in [1.82, 2.24) is 4.98 Å². The maximum absolute atomic E-state index is 3.59. The first-order valence-electron chi connectivity index (χ1n) is 9.64. The molecule has 0 amide bonds. The van der Waals surface area contributed by atoms with Crippen LogP contribution in [-0.4, -0.2) is 4.98 Å². The topological polar surface area (TPSA) is 15.8 Å². The molecule has 1 nitrogen and oxygen atoms in total. The summed E-state index contributed by atoms with van der Waals surface area (Å²) in [6.07, 6.45) is 2.50. The zero-order valence-electron chi connectivity index (χ0n) is 17.0. The molecule has 1 heteroatoms. The lowest BCUT2D eigenvalue weighted by Crippen LogP contribution is -2.17. The molecule has 0 bridgehead atoms. The molecule has 2 aromatic carbocycles. The summed E-state index contributed by atoms with van der Waals surface area (Å²) in [7, 11) is 0. The van der Waals surface area contributed by atoms with Crippen LogP contribution in [-0.2, 0) is 10.8 Å². The van der Waals surface area contributed by atoms with Gasteiger partial charge in [-0.2, -0.15) is 0 Å². The summed E-state index contributed by atoms with van der Waals surface area (Å²) in [5.74, 6) is 0.755. The standard InChI is InChI=1S/C24H33N/c1-16(2)12-13-24(6,7)18-9-11-22-20(15-18)19-14-17(23(3,4)5)8-10-21(19)25-22/h8-11,14-16,25H,12-13H2,1-7H3. The van der Waals surface area contributed by atoms with Crippen molar-refractivity contribution in [2.24, 2.45) is 5.92 Å². The zero-order chi connectivity index (χ0) is 18.4. The lowest BCUT2D eigenvalue weighted by Gasteiger charge is -2.26.